The fourth-order valence-corrected chi connectivity index (χ4v) is 4.33. The molecule has 3 unspecified atom stereocenters. The van der Waals surface area contributed by atoms with E-state index >= 15 is 0 Å². The molecule has 2 aromatic heterocycles. The van der Waals surface area contributed by atoms with Crippen LogP contribution in [0.25, 0.3) is 0 Å². The second kappa shape index (κ2) is 9.64. The van der Waals surface area contributed by atoms with Gasteiger partial charge < -0.3 is 21.3 Å². The van der Waals surface area contributed by atoms with E-state index in [-0.39, 0.29) is 29.9 Å². The summed E-state index contributed by atoms with van der Waals surface area (Å²) in [5.74, 6) is 0.717. The van der Waals surface area contributed by atoms with E-state index < -0.39 is 5.82 Å². The van der Waals surface area contributed by atoms with Crippen molar-refractivity contribution >= 4 is 29.3 Å². The number of aromatic nitrogens is 3. The van der Waals surface area contributed by atoms with Crippen LogP contribution in [-0.4, -0.2) is 46.2 Å². The van der Waals surface area contributed by atoms with Crippen LogP contribution in [0.15, 0.2) is 18.5 Å². The molecule has 4 rings (SSSR count). The Labute approximate surface area is 185 Å². The number of nitrogens with zero attached hydrogens (tertiary/aromatic N) is 3. The number of nitrogens with one attached hydrogen (secondary N) is 4. The molecule has 0 spiro atoms. The second-order valence-corrected chi connectivity index (χ2v) is 8.43. The van der Waals surface area contributed by atoms with Crippen molar-refractivity contribution in [2.45, 2.75) is 57.0 Å². The lowest BCUT2D eigenvalue weighted by molar-refractivity contribution is 0.230. The van der Waals surface area contributed by atoms with Gasteiger partial charge in [-0.25, -0.2) is 24.1 Å². The largest absolute Gasteiger partial charge is 0.369 e. The van der Waals surface area contributed by atoms with Gasteiger partial charge in [0.15, 0.2) is 11.6 Å². The molecule has 1 aliphatic heterocycles. The molecule has 1 saturated carbocycles. The topological polar surface area (TPSA) is 104 Å². The highest BCUT2D eigenvalue weighted by Crippen LogP contribution is 2.35. The third kappa shape index (κ3) is 4.98. The van der Waals surface area contributed by atoms with Crippen LogP contribution in [0, 0.1) is 5.82 Å². The van der Waals surface area contributed by atoms with Gasteiger partial charge in [0.2, 0.25) is 0 Å². The van der Waals surface area contributed by atoms with E-state index in [0.29, 0.717) is 23.9 Å². The van der Waals surface area contributed by atoms with Gasteiger partial charge >= 0.3 is 6.03 Å². The van der Waals surface area contributed by atoms with E-state index in [0.717, 1.165) is 43.5 Å². The van der Waals surface area contributed by atoms with Gasteiger partial charge in [0, 0.05) is 30.9 Å². The van der Waals surface area contributed by atoms with Gasteiger partial charge in [0.05, 0.1) is 23.2 Å². The first kappa shape index (κ1) is 21.5. The number of fused-ring (bicyclic) bond motifs is 1. The van der Waals surface area contributed by atoms with E-state index in [1.54, 1.807) is 6.20 Å². The second-order valence-electron chi connectivity index (χ2n) is 7.99. The lowest BCUT2D eigenvalue weighted by Crippen LogP contribution is -2.51. The Bertz CT molecular complexity index is 944. The maximum atomic E-state index is 14.6. The number of anilines is 2. The van der Waals surface area contributed by atoms with E-state index in [2.05, 4.69) is 36.2 Å². The number of carbonyl (C=O) groups excluding carboxylic acids is 1. The van der Waals surface area contributed by atoms with Crippen molar-refractivity contribution < 1.29 is 9.18 Å². The van der Waals surface area contributed by atoms with Crippen LogP contribution in [-0.2, 0) is 0 Å². The maximum absolute atomic E-state index is 14.6. The summed E-state index contributed by atoms with van der Waals surface area (Å²) in [6, 6.07) is 1.44. The van der Waals surface area contributed by atoms with Crippen LogP contribution in [0.1, 0.15) is 56.3 Å². The number of amides is 2. The molecule has 0 aromatic carbocycles. The maximum Gasteiger partial charge on any atom is 0.315 e. The molecule has 8 nitrogen and oxygen atoms in total. The average molecular weight is 448 g/mol. The van der Waals surface area contributed by atoms with Crippen LogP contribution in [0.3, 0.4) is 0 Å². The van der Waals surface area contributed by atoms with Crippen molar-refractivity contribution in [1.29, 1.82) is 0 Å². The number of carbonyl (C=O) groups is 1. The van der Waals surface area contributed by atoms with Gasteiger partial charge in [-0.15, -0.1) is 0 Å². The molecule has 10 heteroatoms. The zero-order valence-electron chi connectivity index (χ0n) is 17.4. The molecule has 0 saturated heterocycles. The number of urea groups is 1. The predicted molar refractivity (Wildman–Crippen MR) is 118 cm³/mol. The Hall–Kier alpha value is -2.68. The average Bonchev–Trinajstić information content (AvgIpc) is 3.18. The summed E-state index contributed by atoms with van der Waals surface area (Å²) in [4.78, 5) is 25.2. The fraction of sp³-hybridized carbons (Fsp3) is 0.524. The van der Waals surface area contributed by atoms with Crippen LogP contribution in [0.4, 0.5) is 20.8 Å². The van der Waals surface area contributed by atoms with Gasteiger partial charge in [0.1, 0.15) is 11.6 Å². The number of hydrogen-bond acceptors (Lipinski definition) is 6. The highest BCUT2D eigenvalue weighted by Gasteiger charge is 2.30. The smallest absolute Gasteiger partial charge is 0.315 e. The minimum atomic E-state index is -0.515. The van der Waals surface area contributed by atoms with E-state index in [4.69, 9.17) is 11.6 Å². The third-order valence-electron chi connectivity index (χ3n) is 5.75. The molecule has 4 N–H and O–H groups in total. The molecule has 3 heterocycles. The van der Waals surface area contributed by atoms with Gasteiger partial charge in [0.25, 0.3) is 0 Å². The van der Waals surface area contributed by atoms with Crippen molar-refractivity contribution in [3.05, 3.63) is 40.7 Å². The predicted octanol–water partition coefficient (Wildman–Crippen LogP) is 3.65. The monoisotopic (exact) mass is 447 g/mol. The van der Waals surface area contributed by atoms with Crippen LogP contribution in [0.2, 0.25) is 5.02 Å². The molecule has 0 radical (unpaired) electrons. The zero-order valence-corrected chi connectivity index (χ0v) is 18.2. The Morgan fingerprint density at radius 2 is 2.06 bits per heavy atom. The number of hydrogen-bond donors (Lipinski definition) is 4. The fourth-order valence-electron chi connectivity index (χ4n) is 4.17. The molecule has 3 atom stereocenters. The first-order chi connectivity index (χ1) is 15.0. The van der Waals surface area contributed by atoms with Crippen molar-refractivity contribution in [2.24, 2.45) is 0 Å². The van der Waals surface area contributed by atoms with Crippen molar-refractivity contribution in [2.75, 3.05) is 23.7 Å². The van der Waals surface area contributed by atoms with Gasteiger partial charge in [-0.1, -0.05) is 31.4 Å². The Morgan fingerprint density at radius 1 is 1.26 bits per heavy atom. The Kier molecular flexibility index (Phi) is 6.70. The first-order valence-electron chi connectivity index (χ1n) is 10.8. The molecule has 166 valence electrons. The number of halogens is 2. The molecule has 0 bridgehead atoms. The molecule has 2 aromatic rings. The molecular formula is C21H27ClFN7O. The van der Waals surface area contributed by atoms with Crippen molar-refractivity contribution in [1.82, 2.24) is 25.6 Å². The summed E-state index contributed by atoms with van der Waals surface area (Å²) in [7, 11) is 0. The molecule has 31 heavy (non-hydrogen) atoms. The first-order valence-corrected chi connectivity index (χ1v) is 11.2. The van der Waals surface area contributed by atoms with E-state index in [1.807, 2.05) is 13.0 Å². The quantitative estimate of drug-likeness (QED) is 0.539. The van der Waals surface area contributed by atoms with Gasteiger partial charge in [-0.2, -0.15) is 0 Å². The minimum Gasteiger partial charge on any atom is -0.369 e. The Morgan fingerprint density at radius 3 is 2.87 bits per heavy atom. The summed E-state index contributed by atoms with van der Waals surface area (Å²) in [5, 5.41) is 12.8. The SMILES string of the molecule is CCCNC(=O)NC1CCCCC1Nc1nc(C2CNc3ncc(Cl)cc32)ncc1F. The van der Waals surface area contributed by atoms with Gasteiger partial charge in [-0.05, 0) is 25.3 Å². The highest BCUT2D eigenvalue weighted by molar-refractivity contribution is 6.30. The normalized spacial score (nSPS) is 22.4. The van der Waals surface area contributed by atoms with E-state index in [1.165, 1.54) is 6.20 Å². The van der Waals surface area contributed by atoms with Crippen LogP contribution < -0.4 is 21.3 Å². The summed E-state index contributed by atoms with van der Waals surface area (Å²) < 4.78 is 14.6. The minimum absolute atomic E-state index is 0.0969. The van der Waals surface area contributed by atoms with E-state index in [9.17, 15) is 9.18 Å². The lowest BCUT2D eigenvalue weighted by atomic mass is 9.90. The summed E-state index contributed by atoms with van der Waals surface area (Å²) in [5.41, 5.74) is 0.898. The molecule has 1 fully saturated rings. The van der Waals surface area contributed by atoms with Crippen molar-refractivity contribution in [3.63, 3.8) is 0 Å². The van der Waals surface area contributed by atoms with Gasteiger partial charge in [-0.3, -0.25) is 0 Å². The zero-order chi connectivity index (χ0) is 21.8. The lowest BCUT2D eigenvalue weighted by Gasteiger charge is -2.33. The highest BCUT2D eigenvalue weighted by atomic mass is 35.5. The number of rotatable bonds is 6. The molecule has 2 aliphatic rings. The third-order valence-corrected chi connectivity index (χ3v) is 5.95. The Balaban J connectivity index is 1.51. The van der Waals surface area contributed by atoms with Crippen LogP contribution in [0.5, 0.6) is 0 Å². The summed E-state index contributed by atoms with van der Waals surface area (Å²) in [6.07, 6.45) is 7.34. The standard InChI is InChI=1S/C21H27ClFN7O/c1-2-7-24-21(31)29-17-6-4-3-5-16(17)28-20-15(23)11-27-19(30-20)14-10-26-18-13(14)8-12(22)9-25-18/h8-9,11,14,16-17H,2-7,10H2,1H3,(H,25,26)(H2,24,29,31)(H,27,28,30). The summed E-state index contributed by atoms with van der Waals surface area (Å²) >= 11 is 6.11. The van der Waals surface area contributed by atoms with Crippen molar-refractivity contribution in [3.8, 4) is 0 Å². The molecular weight excluding hydrogens is 421 g/mol. The van der Waals surface area contributed by atoms with Crippen LogP contribution >= 0.6 is 11.6 Å². The number of pyridine rings is 1. The summed E-state index contributed by atoms with van der Waals surface area (Å²) in [6.45, 7) is 3.19. The molecule has 1 aliphatic carbocycles. The molecule has 2 amide bonds.